The Bertz CT molecular complexity index is 804. The number of carbonyl (C=O) groups is 1. The van der Waals surface area contributed by atoms with Gasteiger partial charge in [0.25, 0.3) is 0 Å². The third-order valence-corrected chi connectivity index (χ3v) is 4.54. The Kier molecular flexibility index (Phi) is 5.88. The summed E-state index contributed by atoms with van der Waals surface area (Å²) in [6.45, 7) is 4.73. The highest BCUT2D eigenvalue weighted by Crippen LogP contribution is 2.22. The number of amides is 1. The number of hydrogen-bond acceptors (Lipinski definition) is 2. The first-order valence-electron chi connectivity index (χ1n) is 9.07. The number of imidazole rings is 1. The van der Waals surface area contributed by atoms with E-state index in [0.717, 1.165) is 32.4 Å². The van der Waals surface area contributed by atoms with E-state index in [1.54, 1.807) is 12.5 Å². The van der Waals surface area contributed by atoms with Gasteiger partial charge in [-0.25, -0.2) is 4.98 Å². The molecule has 0 radical (unpaired) electrons. The van der Waals surface area contributed by atoms with E-state index in [4.69, 9.17) is 0 Å². The molecule has 0 fully saturated rings. The van der Waals surface area contributed by atoms with E-state index in [1.807, 2.05) is 10.8 Å². The smallest absolute Gasteiger partial charge is 0.220 e. The Hall–Kier alpha value is -2.56. The fourth-order valence-corrected chi connectivity index (χ4v) is 3.22. The fourth-order valence-electron chi connectivity index (χ4n) is 3.22. The van der Waals surface area contributed by atoms with Gasteiger partial charge in [-0.05, 0) is 37.8 Å². The largest absolute Gasteiger partial charge is 0.356 e. The summed E-state index contributed by atoms with van der Waals surface area (Å²) in [5, 5.41) is 4.32. The second-order valence-electron chi connectivity index (χ2n) is 6.32. The molecule has 0 aliphatic heterocycles. The van der Waals surface area contributed by atoms with Gasteiger partial charge in [0, 0.05) is 55.5 Å². The Morgan fingerprint density at radius 1 is 1.24 bits per heavy atom. The molecule has 5 heteroatoms. The Morgan fingerprint density at radius 2 is 2.12 bits per heavy atom. The number of para-hydroxylation sites is 1. The summed E-state index contributed by atoms with van der Waals surface area (Å²) < 4.78 is 4.30. The average molecular weight is 338 g/mol. The molecule has 0 saturated heterocycles. The van der Waals surface area contributed by atoms with Crippen LogP contribution in [0.5, 0.6) is 0 Å². The van der Waals surface area contributed by atoms with Gasteiger partial charge in [0.1, 0.15) is 0 Å². The van der Waals surface area contributed by atoms with Crippen LogP contribution in [0.4, 0.5) is 0 Å². The van der Waals surface area contributed by atoms with Gasteiger partial charge in [-0.1, -0.05) is 18.2 Å². The number of aromatic nitrogens is 3. The molecule has 0 unspecified atom stereocenters. The molecule has 0 saturated carbocycles. The Morgan fingerprint density at radius 3 is 2.92 bits per heavy atom. The normalized spacial score (nSPS) is 11.1. The van der Waals surface area contributed by atoms with Gasteiger partial charge in [-0.3, -0.25) is 4.79 Å². The molecule has 2 heterocycles. The lowest BCUT2D eigenvalue weighted by Gasteiger charge is -2.05. The maximum absolute atomic E-state index is 12.0. The van der Waals surface area contributed by atoms with Gasteiger partial charge in [-0.2, -0.15) is 0 Å². The summed E-state index contributed by atoms with van der Waals surface area (Å²) in [4.78, 5) is 16.0. The zero-order chi connectivity index (χ0) is 17.5. The number of benzene rings is 1. The highest BCUT2D eigenvalue weighted by atomic mass is 16.1. The minimum absolute atomic E-state index is 0.143. The number of fused-ring (bicyclic) bond motifs is 1. The molecular weight excluding hydrogens is 312 g/mol. The van der Waals surface area contributed by atoms with Crippen LogP contribution >= 0.6 is 0 Å². The number of nitrogens with one attached hydrogen (secondary N) is 1. The van der Waals surface area contributed by atoms with Crippen LogP contribution in [0, 0.1) is 0 Å². The minimum atomic E-state index is 0.143. The maximum Gasteiger partial charge on any atom is 0.220 e. The molecule has 1 aromatic carbocycles. The summed E-state index contributed by atoms with van der Waals surface area (Å²) in [5.41, 5.74) is 2.62. The van der Waals surface area contributed by atoms with Crippen LogP contribution in [0.25, 0.3) is 10.9 Å². The molecule has 3 rings (SSSR count). The zero-order valence-corrected chi connectivity index (χ0v) is 14.8. The average Bonchev–Trinajstić information content (AvgIpc) is 3.27. The van der Waals surface area contributed by atoms with Gasteiger partial charge >= 0.3 is 0 Å². The molecule has 5 nitrogen and oxygen atoms in total. The molecule has 0 atom stereocenters. The molecule has 0 aliphatic carbocycles. The summed E-state index contributed by atoms with van der Waals surface area (Å²) in [6, 6.07) is 8.50. The lowest BCUT2D eigenvalue weighted by molar-refractivity contribution is -0.121. The molecule has 132 valence electrons. The quantitative estimate of drug-likeness (QED) is 0.608. The van der Waals surface area contributed by atoms with Crippen molar-refractivity contribution in [2.24, 2.45) is 0 Å². The van der Waals surface area contributed by atoms with Crippen molar-refractivity contribution in [3.05, 3.63) is 54.7 Å². The van der Waals surface area contributed by atoms with Gasteiger partial charge in [0.2, 0.25) is 5.91 Å². The first kappa shape index (κ1) is 17.3. The summed E-state index contributed by atoms with van der Waals surface area (Å²) in [5.74, 6) is 0.143. The molecule has 25 heavy (non-hydrogen) atoms. The lowest BCUT2D eigenvalue weighted by Crippen LogP contribution is -2.24. The van der Waals surface area contributed by atoms with Crippen LogP contribution in [-0.2, 0) is 24.3 Å². The van der Waals surface area contributed by atoms with Crippen molar-refractivity contribution in [3.8, 4) is 0 Å². The highest BCUT2D eigenvalue weighted by molar-refractivity contribution is 5.84. The number of aryl methyl sites for hydroxylation is 3. The van der Waals surface area contributed by atoms with E-state index >= 15 is 0 Å². The molecule has 1 N–H and O–H groups in total. The fraction of sp³-hybridized carbons (Fsp3) is 0.400. The summed E-state index contributed by atoms with van der Waals surface area (Å²) in [6.07, 6.45) is 11.1. The highest BCUT2D eigenvalue weighted by Gasteiger charge is 2.08. The Balaban J connectivity index is 1.41. The van der Waals surface area contributed by atoms with Gasteiger partial charge in [0.15, 0.2) is 0 Å². The molecule has 0 aliphatic rings. The predicted octanol–water partition coefficient (Wildman–Crippen LogP) is 3.39. The second kappa shape index (κ2) is 8.51. The van der Waals surface area contributed by atoms with Crippen LogP contribution < -0.4 is 5.32 Å². The van der Waals surface area contributed by atoms with Crippen LogP contribution in [0.15, 0.2) is 49.2 Å². The number of hydrogen-bond donors (Lipinski definition) is 1. The van der Waals surface area contributed by atoms with Crippen molar-refractivity contribution in [2.75, 3.05) is 6.54 Å². The van der Waals surface area contributed by atoms with Crippen molar-refractivity contribution in [2.45, 2.75) is 45.7 Å². The van der Waals surface area contributed by atoms with E-state index in [2.05, 4.69) is 52.3 Å². The van der Waals surface area contributed by atoms with Crippen molar-refractivity contribution in [3.63, 3.8) is 0 Å². The minimum Gasteiger partial charge on any atom is -0.356 e. The van der Waals surface area contributed by atoms with Crippen molar-refractivity contribution < 1.29 is 4.79 Å². The van der Waals surface area contributed by atoms with Crippen molar-refractivity contribution in [1.29, 1.82) is 0 Å². The predicted molar refractivity (Wildman–Crippen MR) is 100 cm³/mol. The van der Waals surface area contributed by atoms with Crippen molar-refractivity contribution in [1.82, 2.24) is 19.4 Å². The van der Waals surface area contributed by atoms with Gasteiger partial charge in [-0.15, -0.1) is 0 Å². The number of nitrogens with zero attached hydrogens (tertiary/aromatic N) is 3. The van der Waals surface area contributed by atoms with Gasteiger partial charge in [0.05, 0.1) is 6.33 Å². The lowest BCUT2D eigenvalue weighted by atomic mass is 10.1. The van der Waals surface area contributed by atoms with E-state index in [9.17, 15) is 4.79 Å². The van der Waals surface area contributed by atoms with E-state index < -0.39 is 0 Å². The summed E-state index contributed by atoms with van der Waals surface area (Å²) in [7, 11) is 0. The summed E-state index contributed by atoms with van der Waals surface area (Å²) >= 11 is 0. The third kappa shape index (κ3) is 4.50. The third-order valence-electron chi connectivity index (χ3n) is 4.54. The molecular formula is C20H26N4O. The van der Waals surface area contributed by atoms with Crippen LogP contribution in [0.1, 0.15) is 31.7 Å². The number of rotatable bonds is 9. The van der Waals surface area contributed by atoms with E-state index in [-0.39, 0.29) is 5.91 Å². The topological polar surface area (TPSA) is 51.9 Å². The number of carbonyl (C=O) groups excluding carboxylic acids is 1. The Labute approximate surface area is 148 Å². The standard InChI is InChI=1S/C20H26N4O/c1-2-24-15-17(18-8-3-4-9-19(18)24)7-5-10-20(25)22-11-6-13-23-14-12-21-16-23/h3-4,8-9,12,14-16H,2,5-7,10-11,13H2,1H3,(H,22,25). The molecule has 3 aromatic rings. The van der Waals surface area contributed by atoms with E-state index in [1.165, 1.54) is 16.5 Å². The second-order valence-corrected chi connectivity index (χ2v) is 6.32. The zero-order valence-electron chi connectivity index (χ0n) is 14.8. The first-order chi connectivity index (χ1) is 12.3. The van der Waals surface area contributed by atoms with E-state index in [0.29, 0.717) is 13.0 Å². The van der Waals surface area contributed by atoms with Gasteiger partial charge < -0.3 is 14.5 Å². The molecule has 2 aromatic heterocycles. The maximum atomic E-state index is 12.0. The van der Waals surface area contributed by atoms with Crippen LogP contribution in [0.2, 0.25) is 0 Å². The van der Waals surface area contributed by atoms with Crippen molar-refractivity contribution >= 4 is 16.8 Å². The molecule has 1 amide bonds. The van der Waals surface area contributed by atoms with Crippen LogP contribution in [0.3, 0.4) is 0 Å². The first-order valence-corrected chi connectivity index (χ1v) is 9.07. The SMILES string of the molecule is CCn1cc(CCCC(=O)NCCCn2ccnc2)c2ccccc21. The monoisotopic (exact) mass is 338 g/mol. The van der Waals surface area contributed by atoms with Crippen LogP contribution in [-0.4, -0.2) is 26.6 Å². The molecule has 0 spiro atoms. The molecule has 0 bridgehead atoms.